The molecule has 0 aliphatic heterocycles. The Balaban J connectivity index is 3.19. The number of hydrogen-bond donors (Lipinski definition) is 0. The fourth-order valence-corrected chi connectivity index (χ4v) is 55.2. The summed E-state index contributed by atoms with van der Waals surface area (Å²) in [6, 6.07) is 9.79. The van der Waals surface area contributed by atoms with E-state index < -0.39 is 22.3 Å². The van der Waals surface area contributed by atoms with Gasteiger partial charge in [0.25, 0.3) is 0 Å². The van der Waals surface area contributed by atoms with E-state index in [1.165, 1.54) is 11.1 Å². The van der Waals surface area contributed by atoms with Gasteiger partial charge in [-0.1, -0.05) is 107 Å². The maximum Gasteiger partial charge on any atom is 0.105 e. The van der Waals surface area contributed by atoms with Crippen molar-refractivity contribution < 1.29 is 0 Å². The molecular formula is C24H40Si3. The van der Waals surface area contributed by atoms with Crippen molar-refractivity contribution in [3.05, 3.63) is 57.6 Å². The van der Waals surface area contributed by atoms with Crippen LogP contribution in [0.1, 0.15) is 33.4 Å². The number of hydrogen-bond acceptors (Lipinski definition) is 0. The SMILES string of the molecule is Cc1cc(C)c([Si](c2c(C)cc(C)cc2C)([Si](C)(C)C)[Si](C)(C)C)c(C)c1. The Morgan fingerprint density at radius 1 is 0.444 bits per heavy atom. The Morgan fingerprint density at radius 3 is 0.852 bits per heavy atom. The highest BCUT2D eigenvalue weighted by Gasteiger charge is 2.59. The molecule has 0 saturated heterocycles. The molecule has 0 aliphatic rings. The Hall–Kier alpha value is -0.909. The lowest BCUT2D eigenvalue weighted by atomic mass is 10.1. The van der Waals surface area contributed by atoms with E-state index in [-0.39, 0.29) is 0 Å². The molecule has 0 atom stereocenters. The van der Waals surface area contributed by atoms with Crippen molar-refractivity contribution in [1.29, 1.82) is 0 Å². The van der Waals surface area contributed by atoms with Gasteiger partial charge in [-0.3, -0.25) is 0 Å². The predicted molar refractivity (Wildman–Crippen MR) is 133 cm³/mol. The molecule has 0 aliphatic carbocycles. The van der Waals surface area contributed by atoms with Crippen molar-refractivity contribution in [3.8, 4) is 0 Å². The summed E-state index contributed by atoms with van der Waals surface area (Å²) in [6.45, 7) is 30.0. The van der Waals surface area contributed by atoms with Crippen molar-refractivity contribution in [2.24, 2.45) is 0 Å². The normalized spacial score (nSPS) is 13.2. The minimum atomic E-state index is -1.90. The van der Waals surface area contributed by atoms with Gasteiger partial charge in [-0.2, -0.15) is 0 Å². The summed E-state index contributed by atoms with van der Waals surface area (Å²) in [5, 5.41) is 3.56. The van der Waals surface area contributed by atoms with Crippen LogP contribution in [0.3, 0.4) is 0 Å². The summed E-state index contributed by atoms with van der Waals surface area (Å²) in [4.78, 5) is 0. The molecule has 0 nitrogen and oxygen atoms in total. The Kier molecular flexibility index (Phi) is 5.94. The van der Waals surface area contributed by atoms with E-state index >= 15 is 0 Å². The minimum Gasteiger partial charge on any atom is -0.0711 e. The highest BCUT2D eigenvalue weighted by atomic mass is 29.6. The number of rotatable bonds is 4. The molecule has 0 bridgehead atoms. The van der Waals surface area contributed by atoms with Gasteiger partial charge in [0.05, 0.1) is 0 Å². The van der Waals surface area contributed by atoms with Crippen LogP contribution in [0.15, 0.2) is 24.3 Å². The molecule has 2 rings (SSSR count). The van der Waals surface area contributed by atoms with E-state index in [0.717, 1.165) is 0 Å². The minimum absolute atomic E-state index is 1.40. The molecular weight excluding hydrogens is 373 g/mol. The zero-order chi connectivity index (χ0) is 20.9. The van der Waals surface area contributed by atoms with Gasteiger partial charge in [-0.25, -0.2) is 0 Å². The van der Waals surface area contributed by atoms with Gasteiger partial charge in [0.1, 0.15) is 7.11 Å². The quantitative estimate of drug-likeness (QED) is 0.546. The molecule has 0 aromatic heterocycles. The van der Waals surface area contributed by atoms with Crippen LogP contribution in [0.5, 0.6) is 0 Å². The average molecular weight is 413 g/mol. The van der Waals surface area contributed by atoms with Crippen LogP contribution in [-0.4, -0.2) is 22.3 Å². The van der Waals surface area contributed by atoms with Gasteiger partial charge in [0.15, 0.2) is 0 Å². The summed E-state index contributed by atoms with van der Waals surface area (Å²) < 4.78 is 0. The molecule has 3 heteroatoms. The van der Waals surface area contributed by atoms with Crippen molar-refractivity contribution >= 4 is 32.7 Å². The van der Waals surface area contributed by atoms with Gasteiger partial charge < -0.3 is 0 Å². The van der Waals surface area contributed by atoms with Crippen LogP contribution in [0, 0.1) is 41.5 Å². The first-order chi connectivity index (χ1) is 12.1. The third-order valence-electron chi connectivity index (χ3n) is 6.35. The zero-order valence-electron chi connectivity index (χ0n) is 19.8. The summed E-state index contributed by atoms with van der Waals surface area (Å²) in [5.74, 6) is 0. The van der Waals surface area contributed by atoms with E-state index in [0.29, 0.717) is 0 Å². The largest absolute Gasteiger partial charge is 0.105 e. The fourth-order valence-electron chi connectivity index (χ4n) is 6.29. The number of aryl methyl sites for hydroxylation is 6. The fraction of sp³-hybridized carbons (Fsp3) is 0.500. The van der Waals surface area contributed by atoms with Crippen molar-refractivity contribution in [2.45, 2.75) is 80.8 Å². The second-order valence-corrected chi connectivity index (χ2v) is 37.3. The Morgan fingerprint density at radius 2 is 0.667 bits per heavy atom. The molecule has 0 radical (unpaired) electrons. The summed E-state index contributed by atoms with van der Waals surface area (Å²) in [5.41, 5.74) is 8.99. The first-order valence-electron chi connectivity index (χ1n) is 10.3. The second kappa shape index (κ2) is 7.16. The Labute approximate surface area is 171 Å². The van der Waals surface area contributed by atoms with E-state index in [9.17, 15) is 0 Å². The monoisotopic (exact) mass is 412 g/mol. The molecule has 2 aromatic carbocycles. The van der Waals surface area contributed by atoms with Crippen LogP contribution < -0.4 is 10.4 Å². The molecule has 0 heterocycles. The van der Waals surface area contributed by atoms with Crippen LogP contribution in [-0.2, 0) is 0 Å². The van der Waals surface area contributed by atoms with Crippen LogP contribution in [0.25, 0.3) is 0 Å². The third-order valence-corrected chi connectivity index (χ3v) is 43.9. The molecule has 2 aromatic rings. The van der Waals surface area contributed by atoms with E-state index in [2.05, 4.69) is 105 Å². The van der Waals surface area contributed by atoms with E-state index in [1.807, 2.05) is 0 Å². The molecule has 148 valence electrons. The highest BCUT2D eigenvalue weighted by Crippen LogP contribution is 2.33. The standard InChI is InChI=1S/C24H40Si3/c1-17-13-19(3)23(20(4)14-17)27(25(7,8)9,26(10,11)12)24-21(5)15-18(2)16-22(24)6/h13-16H,1-12H3. The van der Waals surface area contributed by atoms with Crippen LogP contribution >= 0.6 is 0 Å². The van der Waals surface area contributed by atoms with Gasteiger partial charge >= 0.3 is 0 Å². The molecule has 0 N–H and O–H groups in total. The lowest BCUT2D eigenvalue weighted by molar-refractivity contribution is 1.33. The average Bonchev–Trinajstić information content (AvgIpc) is 2.40. The summed E-state index contributed by atoms with van der Waals surface area (Å²) >= 11 is 0. The molecule has 0 spiro atoms. The second-order valence-electron chi connectivity index (χ2n) is 10.8. The van der Waals surface area contributed by atoms with E-state index in [1.54, 1.807) is 32.6 Å². The summed E-state index contributed by atoms with van der Waals surface area (Å²) in [7, 11) is -4.92. The van der Waals surface area contributed by atoms with Crippen LogP contribution in [0.2, 0.25) is 39.3 Å². The van der Waals surface area contributed by atoms with Crippen LogP contribution in [0.4, 0.5) is 0 Å². The lowest BCUT2D eigenvalue weighted by Gasteiger charge is -2.53. The van der Waals surface area contributed by atoms with Crippen molar-refractivity contribution in [1.82, 2.24) is 0 Å². The predicted octanol–water partition coefficient (Wildman–Crippen LogP) is 5.93. The van der Waals surface area contributed by atoms with Gasteiger partial charge in [0, 0.05) is 15.2 Å². The van der Waals surface area contributed by atoms with Gasteiger partial charge in [-0.05, 0) is 41.5 Å². The first-order valence-corrected chi connectivity index (χ1v) is 21.3. The molecule has 0 saturated carbocycles. The zero-order valence-corrected chi connectivity index (χ0v) is 22.8. The third kappa shape index (κ3) is 3.58. The maximum atomic E-state index is 2.66. The van der Waals surface area contributed by atoms with Gasteiger partial charge in [-0.15, -0.1) is 0 Å². The Bertz CT molecular complexity index is 745. The summed E-state index contributed by atoms with van der Waals surface area (Å²) in [6.07, 6.45) is 0. The van der Waals surface area contributed by atoms with Crippen molar-refractivity contribution in [3.63, 3.8) is 0 Å². The highest BCUT2D eigenvalue weighted by molar-refractivity contribution is 7.76. The lowest BCUT2D eigenvalue weighted by Crippen LogP contribution is -2.85. The molecule has 0 amide bonds. The van der Waals surface area contributed by atoms with Crippen molar-refractivity contribution in [2.75, 3.05) is 0 Å². The topological polar surface area (TPSA) is 0 Å². The smallest absolute Gasteiger partial charge is 0.0711 e. The molecule has 0 unspecified atom stereocenters. The first kappa shape index (κ1) is 22.4. The van der Waals surface area contributed by atoms with E-state index in [4.69, 9.17) is 0 Å². The number of benzene rings is 2. The molecule has 27 heavy (non-hydrogen) atoms. The maximum absolute atomic E-state index is 2.66. The van der Waals surface area contributed by atoms with Gasteiger partial charge in [0.2, 0.25) is 0 Å². The molecule has 0 fully saturated rings.